The predicted molar refractivity (Wildman–Crippen MR) is 69.8 cm³/mol. The Balaban J connectivity index is 2.26. The van der Waals surface area contributed by atoms with Gasteiger partial charge < -0.3 is 9.77 Å². The first kappa shape index (κ1) is 11.6. The first-order valence-corrected chi connectivity index (χ1v) is 6.19. The van der Waals surface area contributed by atoms with Crippen LogP contribution in [-0.2, 0) is 6.54 Å². The van der Waals surface area contributed by atoms with E-state index in [1.807, 2.05) is 17.6 Å². The number of fused-ring (bicyclic) bond motifs is 2. The quantitative estimate of drug-likeness (QED) is 0.563. The highest BCUT2D eigenvalue weighted by Gasteiger charge is 2.32. The van der Waals surface area contributed by atoms with Crippen LogP contribution in [0.2, 0.25) is 0 Å². The average molecular weight is 255 g/mol. The number of nitrogens with zero attached hydrogens (tertiary/aromatic N) is 3. The molecule has 1 aromatic carbocycles. The molecule has 0 saturated carbocycles. The normalized spacial score (nSPS) is 15.4. The molecule has 5 nitrogen and oxygen atoms in total. The summed E-state index contributed by atoms with van der Waals surface area (Å²) in [5.41, 5.74) is 2.51. The minimum absolute atomic E-state index is 0.0658. The smallest absolute Gasteiger partial charge is 0.212 e. The molecule has 0 saturated heterocycles. The van der Waals surface area contributed by atoms with Crippen molar-refractivity contribution < 1.29 is 10.0 Å². The van der Waals surface area contributed by atoms with Crippen LogP contribution in [-0.4, -0.2) is 26.3 Å². The van der Waals surface area contributed by atoms with E-state index in [0.29, 0.717) is 28.2 Å². The monoisotopic (exact) mass is 255 g/mol. The molecule has 0 unspecified atom stereocenters. The van der Waals surface area contributed by atoms with Crippen LogP contribution in [0.25, 0.3) is 0 Å². The van der Waals surface area contributed by atoms with Gasteiger partial charge in [0.25, 0.3) is 0 Å². The molecule has 2 aromatic rings. The summed E-state index contributed by atoms with van der Waals surface area (Å²) in [4.78, 5) is 16.8. The summed E-state index contributed by atoms with van der Waals surface area (Å²) >= 11 is 0. The van der Waals surface area contributed by atoms with Crippen molar-refractivity contribution in [2.24, 2.45) is 5.16 Å². The maximum Gasteiger partial charge on any atom is 0.212 e. The Labute approximate surface area is 110 Å². The van der Waals surface area contributed by atoms with E-state index < -0.39 is 0 Å². The lowest BCUT2D eigenvalue weighted by atomic mass is 9.89. The lowest BCUT2D eigenvalue weighted by Crippen LogP contribution is -2.23. The third-order valence-corrected chi connectivity index (χ3v) is 3.27. The first-order chi connectivity index (χ1) is 9.27. The van der Waals surface area contributed by atoms with Gasteiger partial charge in [0.15, 0.2) is 0 Å². The van der Waals surface area contributed by atoms with Gasteiger partial charge in [-0.25, -0.2) is 4.98 Å². The van der Waals surface area contributed by atoms with Crippen LogP contribution < -0.4 is 0 Å². The fourth-order valence-corrected chi connectivity index (χ4v) is 2.45. The molecule has 0 bridgehead atoms. The van der Waals surface area contributed by atoms with Crippen LogP contribution in [0, 0.1) is 0 Å². The van der Waals surface area contributed by atoms with Gasteiger partial charge >= 0.3 is 0 Å². The standard InChI is InChI=1S/C14H13N3O2/c1-2-7-17-8-15-12-11(16-19)9-5-3-4-6-10(9)14(18)13(12)17/h3-6,8,19H,2,7H2,1H3. The molecule has 1 heterocycles. The fourth-order valence-electron chi connectivity index (χ4n) is 2.45. The molecular formula is C14H13N3O2. The van der Waals surface area contributed by atoms with Crippen molar-refractivity contribution >= 4 is 11.5 Å². The van der Waals surface area contributed by atoms with Gasteiger partial charge in [-0.2, -0.15) is 0 Å². The van der Waals surface area contributed by atoms with Gasteiger partial charge in [0.05, 0.1) is 6.33 Å². The van der Waals surface area contributed by atoms with Crippen molar-refractivity contribution in [3.8, 4) is 0 Å². The number of aromatic nitrogens is 2. The second kappa shape index (κ2) is 4.35. The van der Waals surface area contributed by atoms with Crippen molar-refractivity contribution in [1.29, 1.82) is 0 Å². The van der Waals surface area contributed by atoms with Gasteiger partial charge in [0, 0.05) is 17.7 Å². The Bertz CT molecular complexity index is 686. The number of imidazole rings is 1. The molecular weight excluding hydrogens is 242 g/mol. The summed E-state index contributed by atoms with van der Waals surface area (Å²) in [6.45, 7) is 2.75. The number of oxime groups is 1. The van der Waals surface area contributed by atoms with Gasteiger partial charge in [0.2, 0.25) is 5.78 Å². The molecule has 1 aliphatic rings. The van der Waals surface area contributed by atoms with Gasteiger partial charge in [-0.3, -0.25) is 4.79 Å². The Kier molecular flexibility index (Phi) is 2.67. The molecule has 1 aliphatic carbocycles. The molecule has 1 aromatic heterocycles. The average Bonchev–Trinajstić information content (AvgIpc) is 2.84. The van der Waals surface area contributed by atoms with Crippen LogP contribution in [0.5, 0.6) is 0 Å². The minimum atomic E-state index is -0.0658. The largest absolute Gasteiger partial charge is 0.410 e. The second-order valence-corrected chi connectivity index (χ2v) is 4.46. The molecule has 1 N–H and O–H groups in total. The molecule has 19 heavy (non-hydrogen) atoms. The SMILES string of the molecule is CCCn1cnc2c1C(=O)c1ccccc1C2=NO. The number of hydrogen-bond acceptors (Lipinski definition) is 4. The molecule has 0 fully saturated rings. The minimum Gasteiger partial charge on any atom is -0.410 e. The van der Waals surface area contributed by atoms with E-state index in [9.17, 15) is 10.0 Å². The fraction of sp³-hybridized carbons (Fsp3) is 0.214. The van der Waals surface area contributed by atoms with E-state index in [2.05, 4.69) is 10.1 Å². The highest BCUT2D eigenvalue weighted by Crippen LogP contribution is 2.27. The van der Waals surface area contributed by atoms with E-state index in [1.54, 1.807) is 24.5 Å². The Hall–Kier alpha value is -2.43. The second-order valence-electron chi connectivity index (χ2n) is 4.46. The van der Waals surface area contributed by atoms with Crippen molar-refractivity contribution in [2.75, 3.05) is 0 Å². The predicted octanol–water partition coefficient (Wildman–Crippen LogP) is 2.06. The Morgan fingerprint density at radius 1 is 1.32 bits per heavy atom. The lowest BCUT2D eigenvalue weighted by molar-refractivity contribution is 0.102. The molecule has 0 aliphatic heterocycles. The molecule has 96 valence electrons. The van der Waals surface area contributed by atoms with E-state index in [1.165, 1.54) is 0 Å². The number of hydrogen-bond donors (Lipinski definition) is 1. The summed E-state index contributed by atoms with van der Waals surface area (Å²) in [5, 5.41) is 12.6. The highest BCUT2D eigenvalue weighted by molar-refractivity contribution is 6.28. The van der Waals surface area contributed by atoms with Crippen molar-refractivity contribution in [1.82, 2.24) is 9.55 Å². The van der Waals surface area contributed by atoms with Crippen molar-refractivity contribution in [2.45, 2.75) is 19.9 Å². The van der Waals surface area contributed by atoms with E-state index in [0.717, 1.165) is 13.0 Å². The maximum atomic E-state index is 12.5. The van der Waals surface area contributed by atoms with Crippen LogP contribution in [0.1, 0.15) is 40.7 Å². The zero-order chi connectivity index (χ0) is 13.4. The van der Waals surface area contributed by atoms with Crippen LogP contribution in [0.4, 0.5) is 0 Å². The third-order valence-electron chi connectivity index (χ3n) is 3.27. The number of aryl methyl sites for hydroxylation is 1. The topological polar surface area (TPSA) is 67.5 Å². The van der Waals surface area contributed by atoms with Crippen molar-refractivity contribution in [3.63, 3.8) is 0 Å². The van der Waals surface area contributed by atoms with E-state index in [4.69, 9.17) is 0 Å². The van der Waals surface area contributed by atoms with Gasteiger partial charge in [-0.15, -0.1) is 0 Å². The zero-order valence-electron chi connectivity index (χ0n) is 10.5. The summed E-state index contributed by atoms with van der Waals surface area (Å²) < 4.78 is 1.82. The number of carbonyl (C=O) groups is 1. The molecule has 0 radical (unpaired) electrons. The van der Waals surface area contributed by atoms with Gasteiger partial charge in [-0.1, -0.05) is 36.3 Å². The summed E-state index contributed by atoms with van der Waals surface area (Å²) in [7, 11) is 0. The van der Waals surface area contributed by atoms with Gasteiger partial charge in [0.1, 0.15) is 17.1 Å². The number of carbonyl (C=O) groups excluding carboxylic acids is 1. The number of benzene rings is 1. The maximum absolute atomic E-state index is 12.5. The van der Waals surface area contributed by atoms with Gasteiger partial charge in [-0.05, 0) is 6.42 Å². The number of rotatable bonds is 2. The van der Waals surface area contributed by atoms with Crippen LogP contribution in [0.3, 0.4) is 0 Å². The Morgan fingerprint density at radius 2 is 2.05 bits per heavy atom. The zero-order valence-corrected chi connectivity index (χ0v) is 10.5. The molecule has 0 spiro atoms. The van der Waals surface area contributed by atoms with Crippen LogP contribution >= 0.6 is 0 Å². The number of ketones is 1. The third kappa shape index (κ3) is 1.58. The summed E-state index contributed by atoms with van der Waals surface area (Å²) in [6, 6.07) is 7.13. The Morgan fingerprint density at radius 3 is 2.74 bits per heavy atom. The van der Waals surface area contributed by atoms with E-state index in [-0.39, 0.29) is 5.78 Å². The first-order valence-electron chi connectivity index (χ1n) is 6.19. The molecule has 0 atom stereocenters. The summed E-state index contributed by atoms with van der Waals surface area (Å²) in [5.74, 6) is -0.0658. The van der Waals surface area contributed by atoms with Crippen molar-refractivity contribution in [3.05, 3.63) is 53.1 Å². The summed E-state index contributed by atoms with van der Waals surface area (Å²) in [6.07, 6.45) is 2.53. The van der Waals surface area contributed by atoms with Crippen LogP contribution in [0.15, 0.2) is 35.7 Å². The molecule has 5 heteroatoms. The molecule has 0 amide bonds. The highest BCUT2D eigenvalue weighted by atomic mass is 16.4. The molecule has 3 rings (SSSR count). The van der Waals surface area contributed by atoms with E-state index >= 15 is 0 Å². The lowest BCUT2D eigenvalue weighted by Gasteiger charge is -2.17.